The molecule has 6 nitrogen and oxygen atoms in total. The molecule has 0 aliphatic carbocycles. The molecule has 0 saturated carbocycles. The number of benzene rings is 1. The second-order valence-electron chi connectivity index (χ2n) is 5.87. The van der Waals surface area contributed by atoms with Crippen molar-refractivity contribution in [1.82, 2.24) is 9.97 Å². The number of para-hydroxylation sites is 1. The van der Waals surface area contributed by atoms with E-state index in [-0.39, 0.29) is 11.5 Å². The predicted molar refractivity (Wildman–Crippen MR) is 103 cm³/mol. The summed E-state index contributed by atoms with van der Waals surface area (Å²) in [5.41, 5.74) is 2.92. The Balaban J connectivity index is 2.20. The van der Waals surface area contributed by atoms with Crippen molar-refractivity contribution in [2.45, 2.75) is 50.9 Å². The first-order valence-electron chi connectivity index (χ1n) is 8.50. The van der Waals surface area contributed by atoms with Crippen molar-refractivity contribution in [1.29, 1.82) is 5.26 Å². The number of amides is 1. The lowest BCUT2D eigenvalue weighted by atomic mass is 10.1. The first-order valence-corrected chi connectivity index (χ1v) is 9.38. The molecule has 7 heteroatoms. The number of aromatic nitrogens is 2. The molecule has 0 unspecified atom stereocenters. The molecule has 0 saturated heterocycles. The van der Waals surface area contributed by atoms with Gasteiger partial charge in [0.15, 0.2) is 5.16 Å². The smallest absolute Gasteiger partial charge is 0.269 e. The number of nitrogens with one attached hydrogen (secondary N) is 2. The number of carbonyl (C=O) groups excluding carboxylic acids is 1. The summed E-state index contributed by atoms with van der Waals surface area (Å²) >= 11 is 1.17. The van der Waals surface area contributed by atoms with Gasteiger partial charge in [-0.25, -0.2) is 4.98 Å². The summed E-state index contributed by atoms with van der Waals surface area (Å²) < 4.78 is 0. The summed E-state index contributed by atoms with van der Waals surface area (Å²) in [5.74, 6) is -0.163. The van der Waals surface area contributed by atoms with Crippen molar-refractivity contribution >= 4 is 23.4 Å². The van der Waals surface area contributed by atoms with Crippen molar-refractivity contribution in [2.24, 2.45) is 0 Å². The fraction of sp³-hybridized carbons (Fsp3) is 0.368. The molecule has 2 N–H and O–H groups in total. The van der Waals surface area contributed by atoms with Crippen LogP contribution in [-0.4, -0.2) is 21.1 Å². The zero-order valence-electron chi connectivity index (χ0n) is 15.3. The predicted octanol–water partition coefficient (Wildman–Crippen LogP) is 3.19. The van der Waals surface area contributed by atoms with E-state index in [0.717, 1.165) is 23.2 Å². The Morgan fingerprint density at radius 1 is 1.38 bits per heavy atom. The van der Waals surface area contributed by atoms with E-state index in [4.69, 9.17) is 5.26 Å². The third-order valence-corrected chi connectivity index (χ3v) is 5.05. The molecule has 0 spiro atoms. The monoisotopic (exact) mass is 370 g/mol. The highest BCUT2D eigenvalue weighted by Crippen LogP contribution is 2.24. The van der Waals surface area contributed by atoms with Gasteiger partial charge >= 0.3 is 0 Å². The highest BCUT2D eigenvalue weighted by molar-refractivity contribution is 8.00. The SMILES string of the molecule is CCc1cccc(C)c1NC(=O)[C@@H](C)Sc1nc(CC)c(C#N)c(=O)[nH]1. The Hall–Kier alpha value is -2.59. The second-order valence-corrected chi connectivity index (χ2v) is 7.20. The van der Waals surface area contributed by atoms with Crippen LogP contribution in [0.2, 0.25) is 0 Å². The second kappa shape index (κ2) is 8.68. The van der Waals surface area contributed by atoms with E-state index >= 15 is 0 Å². The third-order valence-electron chi connectivity index (χ3n) is 4.07. The van der Waals surface area contributed by atoms with Crippen LogP contribution in [0.15, 0.2) is 28.2 Å². The van der Waals surface area contributed by atoms with E-state index in [0.29, 0.717) is 17.3 Å². The van der Waals surface area contributed by atoms with Gasteiger partial charge in [0.05, 0.1) is 10.9 Å². The Morgan fingerprint density at radius 3 is 2.73 bits per heavy atom. The van der Waals surface area contributed by atoms with E-state index in [1.54, 1.807) is 6.92 Å². The van der Waals surface area contributed by atoms with Crippen LogP contribution in [0.5, 0.6) is 0 Å². The van der Waals surface area contributed by atoms with Crippen molar-refractivity contribution in [2.75, 3.05) is 5.32 Å². The topological polar surface area (TPSA) is 98.6 Å². The fourth-order valence-corrected chi connectivity index (χ4v) is 3.39. The quantitative estimate of drug-likeness (QED) is 0.601. The highest BCUT2D eigenvalue weighted by atomic mass is 32.2. The number of aryl methyl sites for hydroxylation is 3. The minimum absolute atomic E-state index is 0.0291. The zero-order valence-corrected chi connectivity index (χ0v) is 16.2. The molecule has 1 aromatic heterocycles. The van der Waals surface area contributed by atoms with Crippen LogP contribution in [0.1, 0.15) is 43.2 Å². The minimum Gasteiger partial charge on any atom is -0.325 e. The lowest BCUT2D eigenvalue weighted by Crippen LogP contribution is -2.25. The molecule has 1 amide bonds. The van der Waals surface area contributed by atoms with E-state index in [1.165, 1.54) is 11.8 Å². The maximum atomic E-state index is 12.6. The molecule has 1 aromatic carbocycles. The van der Waals surface area contributed by atoms with E-state index in [2.05, 4.69) is 15.3 Å². The molecule has 1 heterocycles. The Morgan fingerprint density at radius 2 is 2.12 bits per heavy atom. The van der Waals surface area contributed by atoms with Crippen LogP contribution in [0.3, 0.4) is 0 Å². The lowest BCUT2D eigenvalue weighted by molar-refractivity contribution is -0.115. The molecule has 1 atom stereocenters. The molecular weight excluding hydrogens is 348 g/mol. The van der Waals surface area contributed by atoms with Gasteiger partial charge < -0.3 is 10.3 Å². The Kier molecular flexibility index (Phi) is 6.58. The number of rotatable bonds is 6. The minimum atomic E-state index is -0.471. The number of thioether (sulfide) groups is 1. The van der Waals surface area contributed by atoms with Crippen LogP contribution in [0.25, 0.3) is 0 Å². The normalized spacial score (nSPS) is 11.7. The zero-order chi connectivity index (χ0) is 19.3. The van der Waals surface area contributed by atoms with Crippen molar-refractivity contribution in [3.8, 4) is 6.07 Å². The van der Waals surface area contributed by atoms with Gasteiger partial charge in [0.2, 0.25) is 5.91 Å². The number of hydrogen-bond acceptors (Lipinski definition) is 5. The van der Waals surface area contributed by atoms with Crippen LogP contribution in [0.4, 0.5) is 5.69 Å². The largest absolute Gasteiger partial charge is 0.325 e. The highest BCUT2D eigenvalue weighted by Gasteiger charge is 2.19. The first-order chi connectivity index (χ1) is 12.4. The molecule has 26 heavy (non-hydrogen) atoms. The maximum Gasteiger partial charge on any atom is 0.269 e. The summed E-state index contributed by atoms with van der Waals surface area (Å²) in [4.78, 5) is 31.5. The number of hydrogen-bond donors (Lipinski definition) is 2. The van der Waals surface area contributed by atoms with Gasteiger partial charge in [0.25, 0.3) is 5.56 Å². The molecular formula is C19H22N4O2S. The van der Waals surface area contributed by atoms with Gasteiger partial charge in [-0.2, -0.15) is 5.26 Å². The first kappa shape index (κ1) is 19.7. The van der Waals surface area contributed by atoms with Crippen LogP contribution in [-0.2, 0) is 17.6 Å². The summed E-state index contributed by atoms with van der Waals surface area (Å²) in [6, 6.07) is 7.80. The third kappa shape index (κ3) is 4.33. The van der Waals surface area contributed by atoms with Crippen LogP contribution < -0.4 is 10.9 Å². The lowest BCUT2D eigenvalue weighted by Gasteiger charge is -2.16. The maximum absolute atomic E-state index is 12.6. The summed E-state index contributed by atoms with van der Waals surface area (Å²) in [5, 5.41) is 11.9. The van der Waals surface area contributed by atoms with Gasteiger partial charge in [0.1, 0.15) is 11.6 Å². The summed E-state index contributed by atoms with van der Waals surface area (Å²) in [6.45, 7) is 7.59. The molecule has 0 radical (unpaired) electrons. The van der Waals surface area contributed by atoms with Gasteiger partial charge in [-0.1, -0.05) is 43.8 Å². The summed E-state index contributed by atoms with van der Waals surface area (Å²) in [7, 11) is 0. The Bertz CT molecular complexity index is 915. The fourth-order valence-electron chi connectivity index (χ4n) is 2.57. The van der Waals surface area contributed by atoms with Crippen molar-refractivity contribution < 1.29 is 4.79 Å². The molecule has 2 aromatic rings. The van der Waals surface area contributed by atoms with Gasteiger partial charge in [-0.05, 0) is 37.8 Å². The van der Waals surface area contributed by atoms with E-state index in [1.807, 2.05) is 45.0 Å². The van der Waals surface area contributed by atoms with Crippen molar-refractivity contribution in [3.05, 3.63) is 50.9 Å². The Labute approximate surface area is 157 Å². The molecule has 0 fully saturated rings. The molecule has 0 bridgehead atoms. The molecule has 0 aliphatic heterocycles. The van der Waals surface area contributed by atoms with Gasteiger partial charge in [-0.15, -0.1) is 0 Å². The average molecular weight is 370 g/mol. The standard InChI is InChI=1S/C19H22N4O2S/c1-5-13-9-7-8-11(3)16(13)22-17(24)12(4)26-19-21-15(6-2)14(10-20)18(25)23-19/h7-9,12H,5-6H2,1-4H3,(H,22,24)(H,21,23,25)/t12-/m1/s1. The number of anilines is 1. The number of nitrogens with zero attached hydrogens (tertiary/aromatic N) is 2. The number of nitriles is 1. The van der Waals surface area contributed by atoms with Crippen molar-refractivity contribution in [3.63, 3.8) is 0 Å². The summed E-state index contributed by atoms with van der Waals surface area (Å²) in [6.07, 6.45) is 1.30. The molecule has 136 valence electrons. The molecule has 2 rings (SSSR count). The number of carbonyl (C=O) groups is 1. The average Bonchev–Trinajstić information content (AvgIpc) is 2.62. The van der Waals surface area contributed by atoms with Gasteiger partial charge in [0, 0.05) is 5.69 Å². The van der Waals surface area contributed by atoms with Crippen LogP contribution >= 0.6 is 11.8 Å². The van der Waals surface area contributed by atoms with Gasteiger partial charge in [-0.3, -0.25) is 9.59 Å². The van der Waals surface area contributed by atoms with E-state index < -0.39 is 10.8 Å². The van der Waals surface area contributed by atoms with Crippen LogP contribution in [0, 0.1) is 18.3 Å². The molecule has 0 aliphatic rings. The number of H-pyrrole nitrogens is 1. The van der Waals surface area contributed by atoms with E-state index in [9.17, 15) is 9.59 Å². The number of aromatic amines is 1.